The lowest BCUT2D eigenvalue weighted by Crippen LogP contribution is -2.42. The SMILES string of the molecule is CC.CCC(C)C(=O)N1CCC(O)CC1. The summed E-state index contributed by atoms with van der Waals surface area (Å²) >= 11 is 0. The van der Waals surface area contributed by atoms with Crippen molar-refractivity contribution in [1.82, 2.24) is 4.90 Å². The number of aliphatic hydroxyl groups excluding tert-OH is 1. The van der Waals surface area contributed by atoms with Gasteiger partial charge in [0.05, 0.1) is 6.10 Å². The van der Waals surface area contributed by atoms with Gasteiger partial charge in [0.15, 0.2) is 0 Å². The smallest absolute Gasteiger partial charge is 0.225 e. The Morgan fingerprint density at radius 1 is 1.40 bits per heavy atom. The van der Waals surface area contributed by atoms with E-state index >= 15 is 0 Å². The lowest BCUT2D eigenvalue weighted by Gasteiger charge is -2.31. The molecule has 1 aliphatic rings. The number of likely N-dealkylation sites (tertiary alicyclic amines) is 1. The molecule has 1 amide bonds. The van der Waals surface area contributed by atoms with E-state index in [4.69, 9.17) is 0 Å². The first kappa shape index (κ1) is 14.4. The zero-order valence-electron chi connectivity index (χ0n) is 10.5. The van der Waals surface area contributed by atoms with Gasteiger partial charge in [0.25, 0.3) is 0 Å². The summed E-state index contributed by atoms with van der Waals surface area (Å²) in [5, 5.41) is 9.27. The van der Waals surface area contributed by atoms with E-state index in [-0.39, 0.29) is 17.9 Å². The van der Waals surface area contributed by atoms with Crippen LogP contribution in [0.1, 0.15) is 47.0 Å². The van der Waals surface area contributed by atoms with Crippen molar-refractivity contribution in [3.63, 3.8) is 0 Å². The highest BCUT2D eigenvalue weighted by atomic mass is 16.3. The molecule has 1 N–H and O–H groups in total. The monoisotopic (exact) mass is 215 g/mol. The summed E-state index contributed by atoms with van der Waals surface area (Å²) in [5.74, 6) is 0.379. The van der Waals surface area contributed by atoms with Gasteiger partial charge in [-0.25, -0.2) is 0 Å². The topological polar surface area (TPSA) is 40.5 Å². The first-order valence-corrected chi connectivity index (χ1v) is 6.12. The number of hydrogen-bond donors (Lipinski definition) is 1. The van der Waals surface area contributed by atoms with E-state index in [1.165, 1.54) is 0 Å². The van der Waals surface area contributed by atoms with E-state index in [1.54, 1.807) is 0 Å². The Balaban J connectivity index is 0.000000921. The van der Waals surface area contributed by atoms with Gasteiger partial charge in [-0.3, -0.25) is 4.79 Å². The van der Waals surface area contributed by atoms with E-state index in [0.717, 1.165) is 32.4 Å². The third-order valence-corrected chi connectivity index (χ3v) is 2.81. The number of hydrogen-bond acceptors (Lipinski definition) is 2. The van der Waals surface area contributed by atoms with Gasteiger partial charge in [0.2, 0.25) is 5.91 Å². The van der Waals surface area contributed by atoms with Gasteiger partial charge >= 0.3 is 0 Å². The minimum atomic E-state index is -0.194. The Hall–Kier alpha value is -0.570. The van der Waals surface area contributed by atoms with E-state index in [9.17, 15) is 9.90 Å². The van der Waals surface area contributed by atoms with Crippen LogP contribution in [-0.4, -0.2) is 35.1 Å². The summed E-state index contributed by atoms with van der Waals surface area (Å²) in [6, 6.07) is 0. The van der Waals surface area contributed by atoms with Crippen LogP contribution in [-0.2, 0) is 4.79 Å². The Morgan fingerprint density at radius 2 is 1.87 bits per heavy atom. The number of piperidine rings is 1. The van der Waals surface area contributed by atoms with Gasteiger partial charge in [-0.15, -0.1) is 0 Å². The molecule has 0 saturated carbocycles. The van der Waals surface area contributed by atoms with E-state index in [2.05, 4.69) is 0 Å². The molecule has 1 heterocycles. The summed E-state index contributed by atoms with van der Waals surface area (Å²) in [6.45, 7) is 9.45. The van der Waals surface area contributed by atoms with Gasteiger partial charge < -0.3 is 10.0 Å². The fourth-order valence-corrected chi connectivity index (χ4v) is 1.57. The molecule has 0 aromatic rings. The van der Waals surface area contributed by atoms with Gasteiger partial charge in [-0.05, 0) is 19.3 Å². The molecule has 0 bridgehead atoms. The van der Waals surface area contributed by atoms with Crippen molar-refractivity contribution >= 4 is 5.91 Å². The molecule has 3 nitrogen and oxygen atoms in total. The molecule has 90 valence electrons. The number of nitrogens with zero attached hydrogens (tertiary/aromatic N) is 1. The predicted molar refractivity (Wildman–Crippen MR) is 62.6 cm³/mol. The summed E-state index contributed by atoms with van der Waals surface area (Å²) < 4.78 is 0. The lowest BCUT2D eigenvalue weighted by atomic mass is 10.0. The van der Waals surface area contributed by atoms with Crippen LogP contribution >= 0.6 is 0 Å². The van der Waals surface area contributed by atoms with Crippen LogP contribution in [0.25, 0.3) is 0 Å². The second-order valence-corrected chi connectivity index (χ2v) is 3.87. The van der Waals surface area contributed by atoms with Crippen molar-refractivity contribution in [3.8, 4) is 0 Å². The number of aliphatic hydroxyl groups is 1. The summed E-state index contributed by atoms with van der Waals surface area (Å²) in [7, 11) is 0. The molecule has 1 saturated heterocycles. The minimum absolute atomic E-state index is 0.134. The molecular weight excluding hydrogens is 190 g/mol. The van der Waals surface area contributed by atoms with Gasteiger partial charge in [0, 0.05) is 19.0 Å². The number of carbonyl (C=O) groups is 1. The van der Waals surface area contributed by atoms with Crippen LogP contribution in [0.4, 0.5) is 0 Å². The summed E-state index contributed by atoms with van der Waals surface area (Å²) in [5.41, 5.74) is 0. The normalized spacial score (nSPS) is 19.1. The molecule has 0 radical (unpaired) electrons. The molecule has 0 aromatic carbocycles. The van der Waals surface area contributed by atoms with Crippen LogP contribution in [0, 0.1) is 5.92 Å². The van der Waals surface area contributed by atoms with Crippen molar-refractivity contribution in [3.05, 3.63) is 0 Å². The van der Waals surface area contributed by atoms with Gasteiger partial charge in [-0.1, -0.05) is 27.7 Å². The second kappa shape index (κ2) is 7.69. The fraction of sp³-hybridized carbons (Fsp3) is 0.917. The maximum Gasteiger partial charge on any atom is 0.225 e. The zero-order valence-corrected chi connectivity index (χ0v) is 10.5. The predicted octanol–water partition coefficient (Wildman–Crippen LogP) is 2.04. The third-order valence-electron chi connectivity index (χ3n) is 2.81. The number of amides is 1. The molecule has 1 atom stereocenters. The lowest BCUT2D eigenvalue weighted by molar-refractivity contribution is -0.137. The van der Waals surface area contributed by atoms with Gasteiger partial charge in [0.1, 0.15) is 0 Å². The highest BCUT2D eigenvalue weighted by Gasteiger charge is 2.23. The minimum Gasteiger partial charge on any atom is -0.393 e. The molecule has 0 aliphatic carbocycles. The van der Waals surface area contributed by atoms with Crippen molar-refractivity contribution < 1.29 is 9.90 Å². The van der Waals surface area contributed by atoms with Crippen LogP contribution in [0.2, 0.25) is 0 Å². The first-order valence-electron chi connectivity index (χ1n) is 6.12. The average molecular weight is 215 g/mol. The third kappa shape index (κ3) is 4.65. The molecular formula is C12H25NO2. The maximum absolute atomic E-state index is 11.7. The number of carbonyl (C=O) groups excluding carboxylic acids is 1. The molecule has 1 aliphatic heterocycles. The van der Waals surface area contributed by atoms with Crippen LogP contribution < -0.4 is 0 Å². The number of rotatable bonds is 2. The highest BCUT2D eigenvalue weighted by Crippen LogP contribution is 2.14. The fourth-order valence-electron chi connectivity index (χ4n) is 1.57. The quantitative estimate of drug-likeness (QED) is 0.766. The van der Waals surface area contributed by atoms with Crippen molar-refractivity contribution in [2.24, 2.45) is 5.92 Å². The van der Waals surface area contributed by atoms with Crippen LogP contribution in [0.5, 0.6) is 0 Å². The van der Waals surface area contributed by atoms with Crippen molar-refractivity contribution in [2.45, 2.75) is 53.1 Å². The zero-order chi connectivity index (χ0) is 11.8. The molecule has 1 rings (SSSR count). The Labute approximate surface area is 93.5 Å². The summed E-state index contributed by atoms with van der Waals surface area (Å²) in [6.07, 6.45) is 2.18. The van der Waals surface area contributed by atoms with Gasteiger partial charge in [-0.2, -0.15) is 0 Å². The van der Waals surface area contributed by atoms with Crippen LogP contribution in [0.3, 0.4) is 0 Å². The largest absolute Gasteiger partial charge is 0.393 e. The van der Waals surface area contributed by atoms with E-state index in [0.29, 0.717) is 0 Å². The molecule has 3 heteroatoms. The first-order chi connectivity index (χ1) is 7.15. The molecule has 0 aromatic heterocycles. The van der Waals surface area contributed by atoms with E-state index < -0.39 is 0 Å². The Bertz CT molecular complexity index is 174. The van der Waals surface area contributed by atoms with Crippen molar-refractivity contribution in [2.75, 3.05) is 13.1 Å². The van der Waals surface area contributed by atoms with E-state index in [1.807, 2.05) is 32.6 Å². The molecule has 1 fully saturated rings. The van der Waals surface area contributed by atoms with Crippen LogP contribution in [0.15, 0.2) is 0 Å². The Kier molecular flexibility index (Phi) is 7.39. The molecule has 1 unspecified atom stereocenters. The average Bonchev–Trinajstić information content (AvgIpc) is 2.31. The Morgan fingerprint density at radius 3 is 2.27 bits per heavy atom. The van der Waals surface area contributed by atoms with Crippen molar-refractivity contribution in [1.29, 1.82) is 0 Å². The molecule has 0 spiro atoms. The summed E-state index contributed by atoms with van der Waals surface area (Å²) in [4.78, 5) is 13.6. The molecule has 15 heavy (non-hydrogen) atoms. The standard InChI is InChI=1S/C10H19NO2.C2H6/c1-3-8(2)10(13)11-6-4-9(12)5-7-11;1-2/h8-9,12H,3-7H2,1-2H3;1-2H3. The highest BCUT2D eigenvalue weighted by molar-refractivity contribution is 5.78. The maximum atomic E-state index is 11.7. The second-order valence-electron chi connectivity index (χ2n) is 3.87.